The Bertz CT molecular complexity index is 1180. The molecule has 0 fully saturated rings. The summed E-state index contributed by atoms with van der Waals surface area (Å²) in [6, 6.07) is 33.5. The number of fused-ring (bicyclic) bond motifs is 2. The van der Waals surface area contributed by atoms with Crippen LogP contribution in [0.2, 0.25) is 0 Å². The predicted octanol–water partition coefficient (Wildman–Crippen LogP) is 6.79. The van der Waals surface area contributed by atoms with Crippen molar-refractivity contribution in [3.05, 3.63) is 119 Å². The van der Waals surface area contributed by atoms with Crippen LogP contribution in [0, 0.1) is 0 Å². The molecule has 1 aliphatic heterocycles. The second-order valence-electron chi connectivity index (χ2n) is 7.95. The van der Waals surface area contributed by atoms with Gasteiger partial charge in [-0.15, -0.1) is 0 Å². The van der Waals surface area contributed by atoms with Crippen LogP contribution in [0.25, 0.3) is 0 Å². The zero-order valence-electron chi connectivity index (χ0n) is 17.7. The highest BCUT2D eigenvalue weighted by Gasteiger charge is 2.27. The van der Waals surface area contributed by atoms with Gasteiger partial charge in [0.1, 0.15) is 11.5 Å². The molecule has 4 aromatic rings. The van der Waals surface area contributed by atoms with Crippen LogP contribution in [-0.2, 0) is 0 Å². The third-order valence-electron chi connectivity index (χ3n) is 5.68. The first kappa shape index (κ1) is 19.1. The molecular formula is C28H24N2O. The molecule has 31 heavy (non-hydrogen) atoms. The van der Waals surface area contributed by atoms with Gasteiger partial charge in [0.05, 0.1) is 5.69 Å². The summed E-state index contributed by atoms with van der Waals surface area (Å²) < 4.78 is 6.14. The van der Waals surface area contributed by atoms with Crippen molar-refractivity contribution in [1.82, 2.24) is 0 Å². The minimum Gasteiger partial charge on any atom is -0.457 e. The third kappa shape index (κ3) is 3.82. The molecule has 0 aromatic heterocycles. The standard InChI is InChI=1S/C28H24N2O/c1-30(2)23-17-11-20(12-18-23)19-29-22-15-13-21(14-16-22)28-24-7-3-5-9-26(24)31-27-10-6-4-8-25(27)28/h3-19,28H,1-2H3. The zero-order valence-corrected chi connectivity index (χ0v) is 17.7. The Hall–Kier alpha value is -3.85. The van der Waals surface area contributed by atoms with E-state index in [-0.39, 0.29) is 5.92 Å². The normalized spacial score (nSPS) is 12.8. The Kier molecular flexibility index (Phi) is 5.01. The Balaban J connectivity index is 1.43. The van der Waals surface area contributed by atoms with Crippen molar-refractivity contribution in [2.75, 3.05) is 19.0 Å². The van der Waals surface area contributed by atoms with Crippen LogP contribution >= 0.6 is 0 Å². The van der Waals surface area contributed by atoms with Crippen LogP contribution < -0.4 is 9.64 Å². The molecule has 0 saturated carbocycles. The van der Waals surface area contributed by atoms with E-state index in [1.807, 2.05) is 44.6 Å². The highest BCUT2D eigenvalue weighted by atomic mass is 16.5. The van der Waals surface area contributed by atoms with Crippen molar-refractivity contribution in [3.63, 3.8) is 0 Å². The number of anilines is 1. The first-order valence-electron chi connectivity index (χ1n) is 10.5. The molecule has 3 heteroatoms. The van der Waals surface area contributed by atoms with Crippen molar-refractivity contribution in [2.24, 2.45) is 4.99 Å². The molecule has 152 valence electrons. The van der Waals surface area contributed by atoms with Crippen molar-refractivity contribution in [1.29, 1.82) is 0 Å². The monoisotopic (exact) mass is 404 g/mol. The molecule has 0 atom stereocenters. The van der Waals surface area contributed by atoms with Gasteiger partial charge in [0.2, 0.25) is 0 Å². The van der Waals surface area contributed by atoms with Gasteiger partial charge in [-0.3, -0.25) is 4.99 Å². The maximum atomic E-state index is 6.14. The van der Waals surface area contributed by atoms with Gasteiger partial charge in [-0.2, -0.15) is 0 Å². The van der Waals surface area contributed by atoms with Crippen molar-refractivity contribution < 1.29 is 4.74 Å². The number of nitrogens with zero attached hydrogens (tertiary/aromatic N) is 2. The fourth-order valence-corrected chi connectivity index (χ4v) is 4.03. The second kappa shape index (κ2) is 8.11. The Labute approximate surface area is 183 Å². The Morgan fingerprint density at radius 1 is 0.710 bits per heavy atom. The van der Waals surface area contributed by atoms with Crippen LogP contribution in [0.15, 0.2) is 102 Å². The lowest BCUT2D eigenvalue weighted by Crippen LogP contribution is -2.11. The van der Waals surface area contributed by atoms with Crippen molar-refractivity contribution >= 4 is 17.6 Å². The lowest BCUT2D eigenvalue weighted by Gasteiger charge is -2.28. The van der Waals surface area contributed by atoms with E-state index in [0.29, 0.717) is 0 Å². The summed E-state index contributed by atoms with van der Waals surface area (Å²) in [4.78, 5) is 6.75. The minimum absolute atomic E-state index is 0.151. The molecule has 3 nitrogen and oxygen atoms in total. The number of benzene rings is 4. The number of para-hydroxylation sites is 2. The molecule has 5 rings (SSSR count). The van der Waals surface area contributed by atoms with E-state index in [9.17, 15) is 0 Å². The molecule has 0 bridgehead atoms. The molecule has 1 aliphatic rings. The first-order valence-corrected chi connectivity index (χ1v) is 10.5. The highest BCUT2D eigenvalue weighted by Crippen LogP contribution is 2.47. The average molecular weight is 405 g/mol. The van der Waals surface area contributed by atoms with E-state index in [2.05, 4.69) is 82.7 Å². The van der Waals surface area contributed by atoms with Crippen LogP contribution in [0.5, 0.6) is 11.5 Å². The molecular weight excluding hydrogens is 380 g/mol. The summed E-state index contributed by atoms with van der Waals surface area (Å²) >= 11 is 0. The van der Waals surface area contributed by atoms with E-state index in [4.69, 9.17) is 4.74 Å². The van der Waals surface area contributed by atoms with Gasteiger partial charge in [0, 0.05) is 43.0 Å². The van der Waals surface area contributed by atoms with E-state index in [1.54, 1.807) is 0 Å². The molecule has 0 N–H and O–H groups in total. The van der Waals surface area contributed by atoms with Crippen LogP contribution in [0.3, 0.4) is 0 Å². The molecule has 4 aromatic carbocycles. The summed E-state index contributed by atoms with van der Waals surface area (Å²) in [6.07, 6.45) is 1.91. The number of aliphatic imine (C=N–C) groups is 1. The molecule has 0 amide bonds. The third-order valence-corrected chi connectivity index (χ3v) is 5.68. The maximum Gasteiger partial charge on any atom is 0.131 e. The van der Waals surface area contributed by atoms with Gasteiger partial charge >= 0.3 is 0 Å². The van der Waals surface area contributed by atoms with Crippen LogP contribution in [-0.4, -0.2) is 20.3 Å². The Morgan fingerprint density at radius 3 is 1.87 bits per heavy atom. The largest absolute Gasteiger partial charge is 0.457 e. The van der Waals surface area contributed by atoms with Gasteiger partial charge in [-0.05, 0) is 47.5 Å². The zero-order chi connectivity index (χ0) is 21.2. The number of hydrogen-bond donors (Lipinski definition) is 0. The second-order valence-corrected chi connectivity index (χ2v) is 7.95. The van der Waals surface area contributed by atoms with Crippen molar-refractivity contribution in [3.8, 4) is 11.5 Å². The van der Waals surface area contributed by atoms with Crippen LogP contribution in [0.1, 0.15) is 28.2 Å². The van der Waals surface area contributed by atoms with Gasteiger partial charge in [-0.1, -0.05) is 60.7 Å². The smallest absolute Gasteiger partial charge is 0.131 e. The molecule has 0 radical (unpaired) electrons. The summed E-state index contributed by atoms with van der Waals surface area (Å²) in [6.45, 7) is 0. The fraction of sp³-hybridized carbons (Fsp3) is 0.107. The summed E-state index contributed by atoms with van der Waals surface area (Å²) in [5.74, 6) is 2.00. The molecule has 1 heterocycles. The van der Waals surface area contributed by atoms with E-state index >= 15 is 0 Å². The van der Waals surface area contributed by atoms with Gasteiger partial charge < -0.3 is 9.64 Å². The molecule has 0 unspecified atom stereocenters. The average Bonchev–Trinajstić information content (AvgIpc) is 2.82. The van der Waals surface area contributed by atoms with Crippen molar-refractivity contribution in [2.45, 2.75) is 5.92 Å². The minimum atomic E-state index is 0.151. The molecule has 0 saturated heterocycles. The Morgan fingerprint density at radius 2 is 1.29 bits per heavy atom. The van der Waals surface area contributed by atoms with Gasteiger partial charge in [0.15, 0.2) is 0 Å². The number of ether oxygens (including phenoxy) is 1. The summed E-state index contributed by atoms with van der Waals surface area (Å²) in [7, 11) is 4.08. The predicted molar refractivity (Wildman–Crippen MR) is 128 cm³/mol. The van der Waals surface area contributed by atoms with E-state index < -0.39 is 0 Å². The van der Waals surface area contributed by atoms with Gasteiger partial charge in [-0.25, -0.2) is 0 Å². The quantitative estimate of drug-likeness (QED) is 0.308. The SMILES string of the molecule is CN(C)c1ccc(C=Nc2ccc(C3c4ccccc4Oc4ccccc43)cc2)cc1. The number of hydrogen-bond acceptors (Lipinski definition) is 3. The van der Waals surface area contributed by atoms with Gasteiger partial charge in [0.25, 0.3) is 0 Å². The topological polar surface area (TPSA) is 24.8 Å². The highest BCUT2D eigenvalue weighted by molar-refractivity contribution is 5.82. The lowest BCUT2D eigenvalue weighted by atomic mass is 9.83. The van der Waals surface area contributed by atoms with E-state index in [1.165, 1.54) is 22.4 Å². The first-order chi connectivity index (χ1) is 15.2. The summed E-state index contributed by atoms with van der Waals surface area (Å²) in [5.41, 5.74) is 6.82. The molecule has 0 spiro atoms. The van der Waals surface area contributed by atoms with Crippen LogP contribution in [0.4, 0.5) is 11.4 Å². The number of rotatable bonds is 4. The lowest BCUT2D eigenvalue weighted by molar-refractivity contribution is 0.453. The van der Waals surface area contributed by atoms with E-state index in [0.717, 1.165) is 22.7 Å². The fourth-order valence-electron chi connectivity index (χ4n) is 4.03. The molecule has 0 aliphatic carbocycles. The maximum absolute atomic E-state index is 6.14. The summed E-state index contributed by atoms with van der Waals surface area (Å²) in [5, 5.41) is 0.